The molecular weight excluding hydrogens is 287 g/mol. The number of anilines is 2. The van der Waals surface area contributed by atoms with Gasteiger partial charge >= 0.3 is 6.18 Å². The van der Waals surface area contributed by atoms with Crippen LogP contribution >= 0.6 is 0 Å². The predicted octanol–water partition coefficient (Wildman–Crippen LogP) is 3.45. The highest BCUT2D eigenvalue weighted by Crippen LogP contribution is 2.39. The maximum Gasteiger partial charge on any atom is 0.423 e. The number of nitro groups is 1. The second-order valence-electron chi connectivity index (χ2n) is 4.33. The van der Waals surface area contributed by atoms with Crippen molar-refractivity contribution in [2.24, 2.45) is 0 Å². The molecule has 0 aliphatic carbocycles. The molecule has 0 saturated carbocycles. The lowest BCUT2D eigenvalue weighted by molar-refractivity contribution is -0.388. The number of nitrogens with zero attached hydrogens (tertiary/aromatic N) is 1. The summed E-state index contributed by atoms with van der Waals surface area (Å²) >= 11 is 0. The zero-order chi connectivity index (χ0) is 15.8. The Labute approximate surface area is 117 Å². The number of hydrogen-bond acceptors (Lipinski definition) is 4. The molecule has 0 amide bonds. The number of nitrogen functional groups attached to an aromatic ring is 2. The summed E-state index contributed by atoms with van der Waals surface area (Å²) in [5.41, 5.74) is 9.91. The first-order valence-corrected chi connectivity index (χ1v) is 5.71. The Morgan fingerprint density at radius 2 is 1.71 bits per heavy atom. The smallest absolute Gasteiger partial charge is 0.399 e. The summed E-state index contributed by atoms with van der Waals surface area (Å²) in [6.07, 6.45) is -4.84. The fourth-order valence-corrected chi connectivity index (χ4v) is 1.91. The third-order valence-corrected chi connectivity index (χ3v) is 2.89. The van der Waals surface area contributed by atoms with E-state index in [-0.39, 0.29) is 16.8 Å². The van der Waals surface area contributed by atoms with Gasteiger partial charge in [0, 0.05) is 23.0 Å². The van der Waals surface area contributed by atoms with Crippen molar-refractivity contribution in [1.29, 1.82) is 0 Å². The lowest BCUT2D eigenvalue weighted by Gasteiger charge is -2.11. The van der Waals surface area contributed by atoms with Gasteiger partial charge in [-0.2, -0.15) is 13.2 Å². The molecule has 0 fully saturated rings. The molecule has 21 heavy (non-hydrogen) atoms. The van der Waals surface area contributed by atoms with E-state index < -0.39 is 22.4 Å². The summed E-state index contributed by atoms with van der Waals surface area (Å²) in [5.74, 6) is 0. The van der Waals surface area contributed by atoms with Gasteiger partial charge < -0.3 is 11.5 Å². The number of hydrogen-bond donors (Lipinski definition) is 2. The third kappa shape index (κ3) is 2.88. The summed E-state index contributed by atoms with van der Waals surface area (Å²) in [5, 5.41) is 10.7. The van der Waals surface area contributed by atoms with Crippen LogP contribution in [0, 0.1) is 10.1 Å². The highest BCUT2D eigenvalue weighted by Gasteiger charge is 2.38. The zero-order valence-electron chi connectivity index (χ0n) is 10.5. The van der Waals surface area contributed by atoms with Crippen LogP contribution in [0.4, 0.5) is 30.2 Å². The van der Waals surface area contributed by atoms with E-state index in [4.69, 9.17) is 11.5 Å². The molecule has 0 aliphatic rings. The summed E-state index contributed by atoms with van der Waals surface area (Å²) in [7, 11) is 0. The van der Waals surface area contributed by atoms with Gasteiger partial charge in [-0.1, -0.05) is 0 Å². The molecule has 2 rings (SSSR count). The molecule has 5 nitrogen and oxygen atoms in total. The van der Waals surface area contributed by atoms with E-state index >= 15 is 0 Å². The molecule has 0 bridgehead atoms. The van der Waals surface area contributed by atoms with Gasteiger partial charge in [0.15, 0.2) is 0 Å². The first kappa shape index (κ1) is 14.6. The molecule has 2 aromatic rings. The van der Waals surface area contributed by atoms with Crippen molar-refractivity contribution in [1.82, 2.24) is 0 Å². The Bertz CT molecular complexity index is 714. The van der Waals surface area contributed by atoms with Crippen LogP contribution in [-0.4, -0.2) is 4.92 Å². The lowest BCUT2D eigenvalue weighted by Crippen LogP contribution is -2.09. The number of halogens is 3. The first-order valence-electron chi connectivity index (χ1n) is 5.71. The van der Waals surface area contributed by atoms with Crippen LogP contribution in [0.2, 0.25) is 0 Å². The molecule has 0 radical (unpaired) electrons. The molecular formula is C13H10F3N3O2. The van der Waals surface area contributed by atoms with E-state index in [1.165, 1.54) is 24.3 Å². The Kier molecular flexibility index (Phi) is 3.46. The average Bonchev–Trinajstić information content (AvgIpc) is 2.40. The van der Waals surface area contributed by atoms with Crippen LogP contribution in [0.3, 0.4) is 0 Å². The normalized spacial score (nSPS) is 11.4. The molecule has 0 heterocycles. The van der Waals surface area contributed by atoms with E-state index in [1.807, 2.05) is 0 Å². The molecule has 2 aromatic carbocycles. The minimum Gasteiger partial charge on any atom is -0.399 e. The lowest BCUT2D eigenvalue weighted by atomic mass is 9.99. The number of rotatable bonds is 2. The van der Waals surface area contributed by atoms with E-state index in [0.29, 0.717) is 11.8 Å². The predicted molar refractivity (Wildman–Crippen MR) is 72.4 cm³/mol. The van der Waals surface area contributed by atoms with Crippen LogP contribution < -0.4 is 11.5 Å². The Morgan fingerprint density at radius 3 is 2.29 bits per heavy atom. The molecule has 0 aromatic heterocycles. The standard InChI is InChI=1S/C13H10F3N3O2/c14-13(15,16)10-5-7(1-4-12(10)19(20)21)9-6-8(17)2-3-11(9)18/h1-6H,17-18H2. The van der Waals surface area contributed by atoms with E-state index in [0.717, 1.165) is 6.07 Å². The third-order valence-electron chi connectivity index (χ3n) is 2.89. The van der Waals surface area contributed by atoms with Crippen LogP contribution in [0.5, 0.6) is 0 Å². The summed E-state index contributed by atoms with van der Waals surface area (Å²) < 4.78 is 38.8. The second-order valence-corrected chi connectivity index (χ2v) is 4.33. The minimum absolute atomic E-state index is 0.109. The molecule has 0 spiro atoms. The fraction of sp³-hybridized carbons (Fsp3) is 0.0769. The van der Waals surface area contributed by atoms with Crippen LogP contribution in [0.15, 0.2) is 36.4 Å². The molecule has 0 saturated heterocycles. The van der Waals surface area contributed by atoms with Gasteiger partial charge in [-0.05, 0) is 35.9 Å². The van der Waals surface area contributed by atoms with Crippen LogP contribution in [0.25, 0.3) is 11.1 Å². The second kappa shape index (κ2) is 4.97. The van der Waals surface area contributed by atoms with Crippen LogP contribution in [-0.2, 0) is 6.18 Å². The van der Waals surface area contributed by atoms with Crippen molar-refractivity contribution in [2.75, 3.05) is 11.5 Å². The van der Waals surface area contributed by atoms with Gasteiger partial charge in [-0.25, -0.2) is 0 Å². The van der Waals surface area contributed by atoms with Crippen molar-refractivity contribution >= 4 is 17.1 Å². The van der Waals surface area contributed by atoms with Gasteiger partial charge in [0.1, 0.15) is 5.56 Å². The topological polar surface area (TPSA) is 95.2 Å². The van der Waals surface area contributed by atoms with Gasteiger partial charge in [0.25, 0.3) is 5.69 Å². The van der Waals surface area contributed by atoms with Gasteiger partial charge in [-0.3, -0.25) is 10.1 Å². The van der Waals surface area contributed by atoms with Crippen molar-refractivity contribution in [3.8, 4) is 11.1 Å². The summed E-state index contributed by atoms with van der Waals surface area (Å²) in [6.45, 7) is 0. The highest BCUT2D eigenvalue weighted by atomic mass is 19.4. The summed E-state index contributed by atoms with van der Waals surface area (Å²) in [4.78, 5) is 9.62. The Balaban J connectivity index is 2.67. The Hall–Kier alpha value is -2.77. The molecule has 0 atom stereocenters. The largest absolute Gasteiger partial charge is 0.423 e. The summed E-state index contributed by atoms with van der Waals surface area (Å²) in [6, 6.07) is 7.09. The molecule has 0 unspecified atom stereocenters. The monoisotopic (exact) mass is 297 g/mol. The first-order chi connectivity index (χ1) is 9.70. The van der Waals surface area contributed by atoms with Crippen molar-refractivity contribution < 1.29 is 18.1 Å². The van der Waals surface area contributed by atoms with Crippen molar-refractivity contribution in [3.63, 3.8) is 0 Å². The van der Waals surface area contributed by atoms with E-state index in [2.05, 4.69) is 0 Å². The average molecular weight is 297 g/mol. The van der Waals surface area contributed by atoms with Crippen molar-refractivity contribution in [2.45, 2.75) is 6.18 Å². The SMILES string of the molecule is Nc1ccc(N)c(-c2ccc([N+](=O)[O-])c(C(F)(F)F)c2)c1. The molecule has 4 N–H and O–H groups in total. The van der Waals surface area contributed by atoms with Gasteiger partial charge in [-0.15, -0.1) is 0 Å². The Morgan fingerprint density at radius 1 is 1.05 bits per heavy atom. The molecule has 8 heteroatoms. The van der Waals surface area contributed by atoms with Gasteiger partial charge in [0.05, 0.1) is 4.92 Å². The van der Waals surface area contributed by atoms with Gasteiger partial charge in [0.2, 0.25) is 0 Å². The maximum atomic E-state index is 12.9. The number of nitrogens with two attached hydrogens (primary N) is 2. The molecule has 0 aliphatic heterocycles. The number of benzene rings is 2. The maximum absolute atomic E-state index is 12.9. The van der Waals surface area contributed by atoms with Crippen molar-refractivity contribution in [3.05, 3.63) is 52.1 Å². The fourth-order valence-electron chi connectivity index (χ4n) is 1.91. The number of nitro benzene ring substituents is 1. The quantitative estimate of drug-likeness (QED) is 0.504. The highest BCUT2D eigenvalue weighted by molar-refractivity contribution is 5.80. The zero-order valence-corrected chi connectivity index (χ0v) is 10.5. The molecule has 110 valence electrons. The van der Waals surface area contributed by atoms with E-state index in [1.54, 1.807) is 0 Å². The number of alkyl halides is 3. The minimum atomic E-state index is -4.84. The van der Waals surface area contributed by atoms with Crippen LogP contribution in [0.1, 0.15) is 5.56 Å². The van der Waals surface area contributed by atoms with E-state index in [9.17, 15) is 23.3 Å².